The molecule has 3 aromatic carbocycles. The highest BCUT2D eigenvalue weighted by Gasteiger charge is 2.21. The molecule has 30 heavy (non-hydrogen) atoms. The van der Waals surface area contributed by atoms with E-state index in [0.717, 1.165) is 52.7 Å². The predicted molar refractivity (Wildman–Crippen MR) is 117 cm³/mol. The third kappa shape index (κ3) is 3.17. The first kappa shape index (κ1) is 18.0. The van der Waals surface area contributed by atoms with Crippen molar-refractivity contribution in [3.8, 4) is 23.4 Å². The topological polar surface area (TPSA) is 88.3 Å². The molecule has 5 nitrogen and oxygen atoms in total. The fraction of sp³-hybridized carbons (Fsp3) is 0.160. The van der Waals surface area contributed by atoms with Gasteiger partial charge in [-0.3, -0.25) is 5.10 Å². The summed E-state index contributed by atoms with van der Waals surface area (Å²) in [7, 11) is 0. The molecule has 0 saturated heterocycles. The van der Waals surface area contributed by atoms with Crippen molar-refractivity contribution in [2.75, 3.05) is 5.32 Å². The van der Waals surface area contributed by atoms with Crippen LogP contribution in [0.15, 0.2) is 60.7 Å². The Morgan fingerprint density at radius 1 is 0.933 bits per heavy atom. The third-order valence-electron chi connectivity index (χ3n) is 5.78. The molecule has 0 aliphatic heterocycles. The predicted octanol–water partition coefficient (Wildman–Crippen LogP) is 5.46. The summed E-state index contributed by atoms with van der Waals surface area (Å²) >= 11 is 0. The minimum Gasteiger partial charge on any atom is -0.378 e. The fourth-order valence-corrected chi connectivity index (χ4v) is 4.26. The minimum absolute atomic E-state index is 0.226. The molecule has 5 rings (SSSR count). The number of nitriles is 2. The van der Waals surface area contributed by atoms with Gasteiger partial charge in [-0.25, -0.2) is 0 Å². The van der Waals surface area contributed by atoms with Gasteiger partial charge < -0.3 is 5.32 Å². The summed E-state index contributed by atoms with van der Waals surface area (Å²) in [5.74, 6) is 0. The molecule has 1 aromatic heterocycles. The second kappa shape index (κ2) is 7.39. The van der Waals surface area contributed by atoms with Gasteiger partial charge in [0.1, 0.15) is 0 Å². The Labute approximate surface area is 174 Å². The van der Waals surface area contributed by atoms with Gasteiger partial charge in [0.15, 0.2) is 0 Å². The first-order valence-electron chi connectivity index (χ1n) is 10.0. The van der Waals surface area contributed by atoms with Gasteiger partial charge in [-0.2, -0.15) is 15.6 Å². The summed E-state index contributed by atoms with van der Waals surface area (Å²) in [6.45, 7) is 0. The van der Waals surface area contributed by atoms with E-state index >= 15 is 0 Å². The monoisotopic (exact) mass is 389 g/mol. The second-order valence-corrected chi connectivity index (χ2v) is 7.64. The number of rotatable bonds is 3. The van der Waals surface area contributed by atoms with E-state index in [1.165, 1.54) is 11.1 Å². The maximum Gasteiger partial charge on any atom is 0.1000 e. The van der Waals surface area contributed by atoms with Crippen molar-refractivity contribution in [2.45, 2.75) is 25.3 Å². The zero-order valence-corrected chi connectivity index (χ0v) is 16.3. The van der Waals surface area contributed by atoms with E-state index in [1.807, 2.05) is 42.5 Å². The van der Waals surface area contributed by atoms with Crippen LogP contribution >= 0.6 is 0 Å². The van der Waals surface area contributed by atoms with Crippen LogP contribution in [0.25, 0.3) is 22.2 Å². The zero-order valence-electron chi connectivity index (χ0n) is 16.3. The lowest BCUT2D eigenvalue weighted by Crippen LogP contribution is -2.17. The number of nitrogens with one attached hydrogen (secondary N) is 2. The standard InChI is InChI=1S/C25H19N5/c26-14-16-4-7-18(8-5-16)25-22-13-20(9-11-24(22)29-30-25)28-23-3-1-2-19-12-17(15-27)6-10-21(19)23/h4-13,23,28H,1-3H2,(H,29,30). The number of H-pyrrole nitrogens is 1. The van der Waals surface area contributed by atoms with Gasteiger partial charge in [-0.1, -0.05) is 18.2 Å². The van der Waals surface area contributed by atoms with Crippen molar-refractivity contribution in [1.82, 2.24) is 10.2 Å². The maximum atomic E-state index is 9.18. The smallest absolute Gasteiger partial charge is 0.1000 e. The van der Waals surface area contributed by atoms with Crippen molar-refractivity contribution < 1.29 is 0 Å². The highest BCUT2D eigenvalue weighted by Crippen LogP contribution is 2.35. The molecule has 0 spiro atoms. The fourth-order valence-electron chi connectivity index (χ4n) is 4.26. The van der Waals surface area contributed by atoms with Crippen LogP contribution in [0, 0.1) is 22.7 Å². The molecule has 0 bridgehead atoms. The Morgan fingerprint density at radius 3 is 2.53 bits per heavy atom. The van der Waals surface area contributed by atoms with E-state index in [4.69, 9.17) is 5.26 Å². The van der Waals surface area contributed by atoms with E-state index in [-0.39, 0.29) is 6.04 Å². The summed E-state index contributed by atoms with van der Waals surface area (Å²) in [6, 6.07) is 24.3. The molecule has 1 heterocycles. The molecule has 5 heteroatoms. The molecular formula is C25H19N5. The molecule has 0 saturated carbocycles. The van der Waals surface area contributed by atoms with E-state index in [1.54, 1.807) is 0 Å². The van der Waals surface area contributed by atoms with Gasteiger partial charge in [0.25, 0.3) is 0 Å². The Balaban J connectivity index is 1.48. The van der Waals surface area contributed by atoms with E-state index < -0.39 is 0 Å². The summed E-state index contributed by atoms with van der Waals surface area (Å²) in [5, 5.41) is 30.5. The first-order valence-corrected chi connectivity index (χ1v) is 10.0. The van der Waals surface area contributed by atoms with Crippen LogP contribution in [0.1, 0.15) is 41.1 Å². The SMILES string of the molecule is N#Cc1ccc(-c2n[nH]c3ccc(NC4CCCc5cc(C#N)ccc54)cc23)cc1. The van der Waals surface area contributed by atoms with Crippen LogP contribution in [0.4, 0.5) is 5.69 Å². The number of anilines is 1. The number of hydrogen-bond donors (Lipinski definition) is 2. The first-order chi connectivity index (χ1) is 14.7. The molecule has 1 unspecified atom stereocenters. The lowest BCUT2D eigenvalue weighted by molar-refractivity contribution is 0.600. The molecular weight excluding hydrogens is 370 g/mol. The highest BCUT2D eigenvalue weighted by molar-refractivity contribution is 5.95. The van der Waals surface area contributed by atoms with Gasteiger partial charge in [0, 0.05) is 16.6 Å². The van der Waals surface area contributed by atoms with Crippen LogP contribution < -0.4 is 5.32 Å². The van der Waals surface area contributed by atoms with Crippen LogP contribution in [-0.2, 0) is 6.42 Å². The zero-order chi connectivity index (χ0) is 20.5. The average molecular weight is 389 g/mol. The van der Waals surface area contributed by atoms with Crippen molar-refractivity contribution >= 4 is 16.6 Å². The van der Waals surface area contributed by atoms with Crippen molar-refractivity contribution in [1.29, 1.82) is 10.5 Å². The largest absolute Gasteiger partial charge is 0.378 e. The Bertz CT molecular complexity index is 1320. The summed E-state index contributed by atoms with van der Waals surface area (Å²) in [6.07, 6.45) is 3.18. The minimum atomic E-state index is 0.226. The molecule has 144 valence electrons. The Kier molecular flexibility index (Phi) is 4.42. The summed E-state index contributed by atoms with van der Waals surface area (Å²) < 4.78 is 0. The number of hydrogen-bond acceptors (Lipinski definition) is 4. The van der Waals surface area contributed by atoms with Crippen LogP contribution in [-0.4, -0.2) is 10.2 Å². The van der Waals surface area contributed by atoms with Gasteiger partial charge in [-0.15, -0.1) is 0 Å². The molecule has 0 radical (unpaired) electrons. The van der Waals surface area contributed by atoms with Crippen LogP contribution in [0.2, 0.25) is 0 Å². The lowest BCUT2D eigenvalue weighted by atomic mass is 9.86. The second-order valence-electron chi connectivity index (χ2n) is 7.64. The number of nitrogens with zero attached hydrogens (tertiary/aromatic N) is 3. The number of fused-ring (bicyclic) bond motifs is 2. The number of aromatic amines is 1. The molecule has 1 aliphatic rings. The molecule has 1 atom stereocenters. The average Bonchev–Trinajstić information content (AvgIpc) is 3.22. The van der Waals surface area contributed by atoms with Crippen LogP contribution in [0.3, 0.4) is 0 Å². The van der Waals surface area contributed by atoms with E-state index in [0.29, 0.717) is 5.56 Å². The highest BCUT2D eigenvalue weighted by atomic mass is 15.1. The summed E-state index contributed by atoms with van der Waals surface area (Å²) in [4.78, 5) is 0. The maximum absolute atomic E-state index is 9.18. The normalized spacial score (nSPS) is 15.2. The van der Waals surface area contributed by atoms with Crippen molar-refractivity contribution in [2.24, 2.45) is 0 Å². The molecule has 2 N–H and O–H groups in total. The van der Waals surface area contributed by atoms with Gasteiger partial charge in [-0.05, 0) is 72.9 Å². The lowest BCUT2D eigenvalue weighted by Gasteiger charge is -2.27. The van der Waals surface area contributed by atoms with Crippen molar-refractivity contribution in [3.05, 3.63) is 82.9 Å². The molecule has 0 amide bonds. The molecule has 0 fully saturated rings. The number of aryl methyl sites for hydroxylation is 1. The van der Waals surface area contributed by atoms with Gasteiger partial charge in [0.05, 0.1) is 40.5 Å². The van der Waals surface area contributed by atoms with Gasteiger partial charge >= 0.3 is 0 Å². The quantitative estimate of drug-likeness (QED) is 0.487. The molecule has 4 aromatic rings. The third-order valence-corrected chi connectivity index (χ3v) is 5.78. The molecule has 1 aliphatic carbocycles. The Morgan fingerprint density at radius 2 is 1.73 bits per heavy atom. The summed E-state index contributed by atoms with van der Waals surface area (Å²) in [5.41, 5.74) is 7.77. The Hall–Kier alpha value is -4.09. The number of benzene rings is 3. The van der Waals surface area contributed by atoms with Gasteiger partial charge in [0.2, 0.25) is 0 Å². The number of aromatic nitrogens is 2. The van der Waals surface area contributed by atoms with Crippen molar-refractivity contribution in [3.63, 3.8) is 0 Å². The van der Waals surface area contributed by atoms with E-state index in [2.05, 4.69) is 45.9 Å². The van der Waals surface area contributed by atoms with E-state index in [9.17, 15) is 5.26 Å². The van der Waals surface area contributed by atoms with Crippen LogP contribution in [0.5, 0.6) is 0 Å².